The summed E-state index contributed by atoms with van der Waals surface area (Å²) < 4.78 is 0. The monoisotopic (exact) mass is 181 g/mol. The third-order valence-corrected chi connectivity index (χ3v) is 3.90. The number of aromatic nitrogens is 1. The Labute approximate surface area is 77.8 Å². The molecule has 0 saturated heterocycles. The van der Waals surface area contributed by atoms with E-state index >= 15 is 0 Å². The van der Waals surface area contributed by atoms with Crippen molar-refractivity contribution in [2.24, 2.45) is 0 Å². The first-order chi connectivity index (χ1) is 5.43. The summed E-state index contributed by atoms with van der Waals surface area (Å²) in [5.74, 6) is 0. The summed E-state index contributed by atoms with van der Waals surface area (Å²) in [6, 6.07) is 0. The highest BCUT2D eigenvalue weighted by atomic mass is 32.1. The van der Waals surface area contributed by atoms with Gasteiger partial charge in [0.2, 0.25) is 0 Å². The molecule has 66 valence electrons. The molecule has 0 radical (unpaired) electrons. The highest BCUT2D eigenvalue weighted by Gasteiger charge is 2.44. The lowest BCUT2D eigenvalue weighted by molar-refractivity contribution is 0.400. The molecule has 1 aliphatic carbocycles. The molecule has 2 rings (SSSR count). The molecule has 2 heteroatoms. The zero-order valence-corrected chi connectivity index (χ0v) is 8.96. The fourth-order valence-electron chi connectivity index (χ4n) is 2.48. The smallest absolute Gasteiger partial charge is 0.0798 e. The first kappa shape index (κ1) is 8.24. The lowest BCUT2D eigenvalue weighted by Crippen LogP contribution is -2.18. The molecule has 0 unspecified atom stereocenters. The minimum absolute atomic E-state index is 0.291. The predicted octanol–water partition coefficient (Wildman–Crippen LogP) is 3.10. The topological polar surface area (TPSA) is 12.9 Å². The van der Waals surface area contributed by atoms with E-state index in [0.29, 0.717) is 10.8 Å². The Morgan fingerprint density at radius 2 is 1.92 bits per heavy atom. The van der Waals surface area contributed by atoms with Gasteiger partial charge in [-0.25, -0.2) is 4.98 Å². The number of nitrogens with zero attached hydrogens (tertiary/aromatic N) is 1. The molecule has 0 spiro atoms. The molecule has 12 heavy (non-hydrogen) atoms. The van der Waals surface area contributed by atoms with Crippen molar-refractivity contribution < 1.29 is 0 Å². The van der Waals surface area contributed by atoms with Crippen LogP contribution in [0.15, 0.2) is 5.51 Å². The largest absolute Gasteiger partial charge is 0.249 e. The van der Waals surface area contributed by atoms with E-state index in [9.17, 15) is 0 Å². The third kappa shape index (κ3) is 0.939. The van der Waals surface area contributed by atoms with Crippen LogP contribution in [0.4, 0.5) is 0 Å². The van der Waals surface area contributed by atoms with Crippen LogP contribution in [0.2, 0.25) is 0 Å². The Balaban J connectivity index is 2.60. The van der Waals surface area contributed by atoms with E-state index in [1.54, 1.807) is 0 Å². The van der Waals surface area contributed by atoms with Crippen LogP contribution in [0.25, 0.3) is 0 Å². The number of rotatable bonds is 0. The quantitative estimate of drug-likeness (QED) is 0.599. The fraction of sp³-hybridized carbons (Fsp3) is 0.700. The Morgan fingerprint density at radius 3 is 2.50 bits per heavy atom. The van der Waals surface area contributed by atoms with Crippen molar-refractivity contribution in [3.8, 4) is 0 Å². The number of hydrogen-bond donors (Lipinski definition) is 0. The van der Waals surface area contributed by atoms with E-state index in [1.807, 2.05) is 16.8 Å². The fourth-order valence-corrected chi connectivity index (χ4v) is 3.57. The van der Waals surface area contributed by atoms with Crippen LogP contribution in [0.1, 0.15) is 44.7 Å². The summed E-state index contributed by atoms with van der Waals surface area (Å²) in [6.45, 7) is 9.22. The summed E-state index contributed by atoms with van der Waals surface area (Å²) in [7, 11) is 0. The average Bonchev–Trinajstić information content (AvgIpc) is 2.34. The van der Waals surface area contributed by atoms with Gasteiger partial charge in [-0.05, 0) is 6.42 Å². The van der Waals surface area contributed by atoms with Gasteiger partial charge in [-0.2, -0.15) is 0 Å². The van der Waals surface area contributed by atoms with Gasteiger partial charge in [-0.3, -0.25) is 0 Å². The lowest BCUT2D eigenvalue weighted by atomic mass is 9.83. The van der Waals surface area contributed by atoms with Gasteiger partial charge in [0.25, 0.3) is 0 Å². The molecule has 0 saturated carbocycles. The van der Waals surface area contributed by atoms with Crippen molar-refractivity contribution >= 4 is 11.3 Å². The zero-order valence-electron chi connectivity index (χ0n) is 8.14. The average molecular weight is 181 g/mol. The number of fused-ring (bicyclic) bond motifs is 1. The second kappa shape index (κ2) is 2.11. The van der Waals surface area contributed by atoms with Gasteiger partial charge in [0, 0.05) is 15.7 Å². The molecule has 1 aromatic heterocycles. The minimum atomic E-state index is 0.291. The molecule has 1 nitrogen and oxygen atoms in total. The summed E-state index contributed by atoms with van der Waals surface area (Å²) in [6.07, 6.45) is 1.23. The molecule has 0 fully saturated rings. The number of thiazole rings is 1. The van der Waals surface area contributed by atoms with Crippen molar-refractivity contribution in [2.45, 2.75) is 44.9 Å². The van der Waals surface area contributed by atoms with E-state index in [4.69, 9.17) is 0 Å². The van der Waals surface area contributed by atoms with E-state index in [0.717, 1.165) is 0 Å². The minimum Gasteiger partial charge on any atom is -0.249 e. The van der Waals surface area contributed by atoms with Gasteiger partial charge in [0.15, 0.2) is 0 Å². The first-order valence-corrected chi connectivity index (χ1v) is 5.26. The maximum Gasteiger partial charge on any atom is 0.0798 e. The molecule has 0 bridgehead atoms. The van der Waals surface area contributed by atoms with Gasteiger partial charge in [-0.1, -0.05) is 27.7 Å². The van der Waals surface area contributed by atoms with E-state index in [1.165, 1.54) is 17.0 Å². The number of hydrogen-bond acceptors (Lipinski definition) is 2. The second-order valence-corrected chi connectivity index (χ2v) is 5.83. The van der Waals surface area contributed by atoms with Crippen LogP contribution in [-0.2, 0) is 10.8 Å². The molecule has 1 aromatic rings. The first-order valence-electron chi connectivity index (χ1n) is 4.38. The van der Waals surface area contributed by atoms with E-state index in [-0.39, 0.29) is 0 Å². The summed E-state index contributed by atoms with van der Waals surface area (Å²) in [5, 5.41) is 0. The van der Waals surface area contributed by atoms with Crippen LogP contribution in [0.3, 0.4) is 0 Å². The lowest BCUT2D eigenvalue weighted by Gasteiger charge is -2.22. The normalized spacial score (nSPS) is 24.0. The van der Waals surface area contributed by atoms with Crippen LogP contribution in [0, 0.1) is 0 Å². The Kier molecular flexibility index (Phi) is 1.45. The molecular formula is C10H15NS. The van der Waals surface area contributed by atoms with Crippen LogP contribution < -0.4 is 0 Å². The van der Waals surface area contributed by atoms with Crippen molar-refractivity contribution in [3.05, 3.63) is 16.1 Å². The summed E-state index contributed by atoms with van der Waals surface area (Å²) >= 11 is 1.81. The molecule has 0 aliphatic heterocycles. The molecule has 0 amide bonds. The highest BCUT2D eigenvalue weighted by molar-refractivity contribution is 7.10. The molecule has 1 aliphatic rings. The standard InChI is InChI=1S/C10H15NS/c1-9(2)5-10(3,4)8-7(9)11-6-12-8/h6H,5H2,1-4H3. The van der Waals surface area contributed by atoms with Crippen molar-refractivity contribution in [1.82, 2.24) is 4.98 Å². The van der Waals surface area contributed by atoms with Gasteiger partial charge in [0.1, 0.15) is 0 Å². The van der Waals surface area contributed by atoms with E-state index < -0.39 is 0 Å². The van der Waals surface area contributed by atoms with Crippen molar-refractivity contribution in [3.63, 3.8) is 0 Å². The Morgan fingerprint density at radius 1 is 1.25 bits per heavy atom. The Bertz CT molecular complexity index is 281. The molecule has 1 heterocycles. The zero-order chi connectivity index (χ0) is 8.98. The van der Waals surface area contributed by atoms with Gasteiger partial charge < -0.3 is 0 Å². The van der Waals surface area contributed by atoms with Gasteiger partial charge >= 0.3 is 0 Å². The van der Waals surface area contributed by atoms with Crippen LogP contribution in [0.5, 0.6) is 0 Å². The van der Waals surface area contributed by atoms with Crippen molar-refractivity contribution in [2.75, 3.05) is 0 Å². The van der Waals surface area contributed by atoms with Gasteiger partial charge in [-0.15, -0.1) is 11.3 Å². The maximum absolute atomic E-state index is 4.46. The maximum atomic E-state index is 4.46. The summed E-state index contributed by atoms with van der Waals surface area (Å²) in [4.78, 5) is 5.96. The van der Waals surface area contributed by atoms with Crippen LogP contribution in [-0.4, -0.2) is 4.98 Å². The molecule has 0 N–H and O–H groups in total. The second-order valence-electron chi connectivity index (χ2n) is 4.97. The SMILES string of the molecule is CC1(C)CC(C)(C)c2scnc21. The summed E-state index contributed by atoms with van der Waals surface area (Å²) in [5.41, 5.74) is 3.95. The molecule has 0 aromatic carbocycles. The van der Waals surface area contributed by atoms with E-state index in [2.05, 4.69) is 32.7 Å². The Hall–Kier alpha value is -0.370. The predicted molar refractivity (Wildman–Crippen MR) is 52.8 cm³/mol. The third-order valence-electron chi connectivity index (χ3n) is 2.71. The molecule has 0 atom stereocenters. The van der Waals surface area contributed by atoms with Gasteiger partial charge in [0.05, 0.1) is 11.2 Å². The highest BCUT2D eigenvalue weighted by Crippen LogP contribution is 2.50. The van der Waals surface area contributed by atoms with Crippen molar-refractivity contribution in [1.29, 1.82) is 0 Å². The molecular weight excluding hydrogens is 166 g/mol. The van der Waals surface area contributed by atoms with Crippen LogP contribution >= 0.6 is 11.3 Å².